The summed E-state index contributed by atoms with van der Waals surface area (Å²) in [6.45, 7) is 5.15. The molecule has 0 radical (unpaired) electrons. The molecule has 1 fully saturated rings. The molecule has 1 aliphatic rings. The Bertz CT molecular complexity index is 1350. The number of nitrogens with zero attached hydrogens (tertiary/aromatic N) is 5. The number of carbonyl (C=O) groups excluding carboxylic acids is 1. The second-order valence-electron chi connectivity index (χ2n) is 9.96. The first-order valence-corrected chi connectivity index (χ1v) is 12.0. The van der Waals surface area contributed by atoms with E-state index in [4.69, 9.17) is 0 Å². The molecule has 39 heavy (non-hydrogen) atoms. The first-order valence-electron chi connectivity index (χ1n) is 12.0. The Balaban J connectivity index is 1.59. The first kappa shape index (κ1) is 28.3. The molecule has 0 aromatic carbocycles. The van der Waals surface area contributed by atoms with Gasteiger partial charge in [-0.3, -0.25) is 9.48 Å². The van der Waals surface area contributed by atoms with E-state index in [0.29, 0.717) is 29.9 Å². The number of nitrogens with one attached hydrogen (secondary N) is 1. The predicted molar refractivity (Wildman–Crippen MR) is 130 cm³/mol. The summed E-state index contributed by atoms with van der Waals surface area (Å²) >= 11 is 0. The summed E-state index contributed by atoms with van der Waals surface area (Å²) in [4.78, 5) is 22.4. The highest BCUT2D eigenvalue weighted by Crippen LogP contribution is 2.37. The van der Waals surface area contributed by atoms with Gasteiger partial charge in [0.15, 0.2) is 5.69 Å². The molecule has 1 amide bonds. The van der Waals surface area contributed by atoms with Crippen molar-refractivity contribution in [3.05, 3.63) is 54.2 Å². The molecule has 14 heteroatoms. The molecule has 210 valence electrons. The highest BCUT2D eigenvalue weighted by Gasteiger charge is 2.39. The van der Waals surface area contributed by atoms with Gasteiger partial charge in [0, 0.05) is 30.8 Å². The van der Waals surface area contributed by atoms with Crippen LogP contribution in [0.5, 0.6) is 0 Å². The normalized spacial score (nSPS) is 17.4. The van der Waals surface area contributed by atoms with Gasteiger partial charge in [-0.2, -0.15) is 31.4 Å². The van der Waals surface area contributed by atoms with E-state index in [1.807, 2.05) is 0 Å². The van der Waals surface area contributed by atoms with E-state index in [-0.39, 0.29) is 22.9 Å². The molecule has 3 aromatic heterocycles. The van der Waals surface area contributed by atoms with Gasteiger partial charge in [0.25, 0.3) is 5.91 Å². The summed E-state index contributed by atoms with van der Waals surface area (Å²) in [5, 5.41) is 16.2. The van der Waals surface area contributed by atoms with Crippen LogP contribution in [0.4, 0.5) is 37.7 Å². The molecule has 1 saturated heterocycles. The number of aromatic nitrogens is 4. The molecule has 0 spiro atoms. The Morgan fingerprint density at radius 1 is 1.15 bits per heavy atom. The number of aliphatic hydroxyl groups is 1. The van der Waals surface area contributed by atoms with Gasteiger partial charge < -0.3 is 15.3 Å². The molecule has 1 unspecified atom stereocenters. The third-order valence-electron chi connectivity index (χ3n) is 6.69. The van der Waals surface area contributed by atoms with Crippen LogP contribution in [0.15, 0.2) is 42.9 Å². The van der Waals surface area contributed by atoms with E-state index in [2.05, 4.69) is 20.4 Å². The number of alkyl halides is 6. The molecular formula is C25H26F6N6O2. The smallest absolute Gasteiger partial charge is 0.390 e. The van der Waals surface area contributed by atoms with E-state index >= 15 is 0 Å². The van der Waals surface area contributed by atoms with Crippen LogP contribution in [0.25, 0.3) is 11.3 Å². The lowest BCUT2D eigenvalue weighted by Gasteiger charge is -2.26. The third kappa shape index (κ3) is 6.32. The van der Waals surface area contributed by atoms with Crippen molar-refractivity contribution in [3.63, 3.8) is 0 Å². The molecule has 3 aromatic rings. The van der Waals surface area contributed by atoms with E-state index in [1.165, 1.54) is 24.3 Å². The zero-order valence-electron chi connectivity index (χ0n) is 21.2. The number of pyridine rings is 2. The fourth-order valence-electron chi connectivity index (χ4n) is 4.26. The second kappa shape index (κ2) is 10.1. The molecule has 1 aliphatic heterocycles. The van der Waals surface area contributed by atoms with Crippen molar-refractivity contribution in [2.45, 2.75) is 51.2 Å². The minimum atomic E-state index is -4.86. The maximum Gasteiger partial charge on any atom is 0.435 e. The molecule has 0 bridgehead atoms. The van der Waals surface area contributed by atoms with Gasteiger partial charge in [0.2, 0.25) is 0 Å². The van der Waals surface area contributed by atoms with Crippen molar-refractivity contribution in [3.8, 4) is 11.3 Å². The molecule has 2 N–H and O–H groups in total. The van der Waals surface area contributed by atoms with Crippen molar-refractivity contribution in [1.82, 2.24) is 19.7 Å². The molecule has 2 atom stereocenters. The van der Waals surface area contributed by atoms with E-state index in [1.54, 1.807) is 18.7 Å². The minimum Gasteiger partial charge on any atom is -0.390 e. The zero-order chi connectivity index (χ0) is 28.8. The van der Waals surface area contributed by atoms with Gasteiger partial charge in [-0.25, -0.2) is 9.97 Å². The Morgan fingerprint density at radius 2 is 1.87 bits per heavy atom. The Kier molecular flexibility index (Phi) is 7.36. The Morgan fingerprint density at radius 3 is 2.49 bits per heavy atom. The van der Waals surface area contributed by atoms with Crippen LogP contribution in [0, 0.1) is 5.92 Å². The van der Waals surface area contributed by atoms with Gasteiger partial charge in [-0.05, 0) is 45.4 Å². The van der Waals surface area contributed by atoms with E-state index in [9.17, 15) is 36.2 Å². The summed E-state index contributed by atoms with van der Waals surface area (Å²) in [6, 6.07) is 3.38. The van der Waals surface area contributed by atoms with Gasteiger partial charge in [-0.1, -0.05) is 6.07 Å². The number of carbonyl (C=O) groups is 1. The van der Waals surface area contributed by atoms with E-state index in [0.717, 1.165) is 25.5 Å². The lowest BCUT2D eigenvalue weighted by molar-refractivity contribution is -0.165. The topological polar surface area (TPSA) is 96.2 Å². The number of halogens is 6. The van der Waals surface area contributed by atoms with Crippen LogP contribution >= 0.6 is 0 Å². The van der Waals surface area contributed by atoms with Crippen molar-refractivity contribution in [2.24, 2.45) is 5.92 Å². The van der Waals surface area contributed by atoms with Crippen LogP contribution in [0.1, 0.15) is 49.4 Å². The molecule has 8 nitrogen and oxygen atoms in total. The van der Waals surface area contributed by atoms with E-state index < -0.39 is 41.3 Å². The molecular weight excluding hydrogens is 530 g/mol. The lowest BCUT2D eigenvalue weighted by Crippen LogP contribution is -2.33. The first-order chi connectivity index (χ1) is 18.0. The largest absolute Gasteiger partial charge is 0.435 e. The van der Waals surface area contributed by atoms with Crippen molar-refractivity contribution < 1.29 is 36.2 Å². The van der Waals surface area contributed by atoms with Gasteiger partial charge in [0.05, 0.1) is 35.1 Å². The maximum atomic E-state index is 13.7. The van der Waals surface area contributed by atoms with Gasteiger partial charge in [-0.15, -0.1) is 0 Å². The van der Waals surface area contributed by atoms with Crippen LogP contribution < -0.4 is 10.2 Å². The average molecular weight is 557 g/mol. The fraction of sp³-hybridized carbons (Fsp3) is 0.440. The SMILES string of the molecule is CC(n1cc(-c2cccc(C(=O)Nc3cc(N4CC[C@@H](C(C)(C)O)C4)cnc3C(F)(F)F)n2)cn1)C(F)(F)F. The number of amides is 1. The van der Waals surface area contributed by atoms with Crippen molar-refractivity contribution in [1.29, 1.82) is 0 Å². The highest BCUT2D eigenvalue weighted by atomic mass is 19.4. The van der Waals surface area contributed by atoms with Crippen molar-refractivity contribution >= 4 is 17.3 Å². The summed E-state index contributed by atoms with van der Waals surface area (Å²) in [7, 11) is 0. The molecule has 0 saturated carbocycles. The fourth-order valence-corrected chi connectivity index (χ4v) is 4.26. The average Bonchev–Trinajstić information content (AvgIpc) is 3.53. The molecule has 4 rings (SSSR count). The van der Waals surface area contributed by atoms with Crippen LogP contribution in [0.3, 0.4) is 0 Å². The third-order valence-corrected chi connectivity index (χ3v) is 6.69. The van der Waals surface area contributed by atoms with Crippen LogP contribution in [0.2, 0.25) is 0 Å². The standard InChI is InChI=1S/C25H26F6N6O2/c1-14(24(26,27)28)37-12-15(10-33-37)18-5-4-6-19(34-18)22(38)35-20-9-17(11-32-21(20)25(29,30)31)36-8-7-16(13-36)23(2,3)39/h4-6,9-12,14,16,39H,7-8,13H2,1-3H3,(H,35,38)/t14?,16-/m1/s1. The Hall–Kier alpha value is -3.68. The van der Waals surface area contributed by atoms with Crippen molar-refractivity contribution in [2.75, 3.05) is 23.3 Å². The van der Waals surface area contributed by atoms with Crippen LogP contribution in [-0.4, -0.2) is 55.6 Å². The summed E-state index contributed by atoms with van der Waals surface area (Å²) in [6.07, 6.45) is -5.42. The summed E-state index contributed by atoms with van der Waals surface area (Å²) in [5.41, 5.74) is -2.45. The summed E-state index contributed by atoms with van der Waals surface area (Å²) in [5.74, 6) is -1.07. The van der Waals surface area contributed by atoms with Gasteiger partial charge in [0.1, 0.15) is 11.7 Å². The minimum absolute atomic E-state index is 0.103. The maximum absolute atomic E-state index is 13.7. The quantitative estimate of drug-likeness (QED) is 0.399. The summed E-state index contributed by atoms with van der Waals surface area (Å²) < 4.78 is 80.8. The number of anilines is 2. The van der Waals surface area contributed by atoms with Crippen LogP contribution in [-0.2, 0) is 6.18 Å². The highest BCUT2D eigenvalue weighted by molar-refractivity contribution is 6.03. The second-order valence-corrected chi connectivity index (χ2v) is 9.96. The number of hydrogen-bond donors (Lipinski definition) is 2. The zero-order valence-corrected chi connectivity index (χ0v) is 21.2. The lowest BCUT2D eigenvalue weighted by atomic mass is 9.90. The molecule has 4 heterocycles. The molecule has 0 aliphatic carbocycles. The predicted octanol–water partition coefficient (Wildman–Crippen LogP) is 5.33. The Labute approximate surface area is 219 Å². The monoisotopic (exact) mass is 556 g/mol. The number of hydrogen-bond acceptors (Lipinski definition) is 6. The number of rotatable bonds is 6. The van der Waals surface area contributed by atoms with Gasteiger partial charge >= 0.3 is 12.4 Å².